The van der Waals surface area contributed by atoms with Crippen LogP contribution in [-0.4, -0.2) is 17.9 Å². The Bertz CT molecular complexity index is 189. The van der Waals surface area contributed by atoms with Gasteiger partial charge in [-0.05, 0) is 39.0 Å². The molecule has 1 aliphatic rings. The fraction of sp³-hybridized carbons (Fsp3) is 0.727. The van der Waals surface area contributed by atoms with E-state index in [1.807, 2.05) is 6.08 Å². The van der Waals surface area contributed by atoms with Crippen molar-refractivity contribution in [2.24, 2.45) is 0 Å². The standard InChI is InChI=1S/C11H19NO/c1-3-4-6-10-7-5-8-11(12-10)9(2)13/h3,10-12H,1,4-8H2,2H3. The molecule has 1 saturated heterocycles. The molecule has 0 aliphatic carbocycles. The van der Waals surface area contributed by atoms with Gasteiger partial charge in [0.05, 0.1) is 6.04 Å². The molecule has 0 aromatic carbocycles. The Balaban J connectivity index is 2.32. The summed E-state index contributed by atoms with van der Waals surface area (Å²) in [7, 11) is 0. The Hall–Kier alpha value is -0.630. The van der Waals surface area contributed by atoms with Crippen molar-refractivity contribution in [2.45, 2.75) is 51.1 Å². The average molecular weight is 181 g/mol. The minimum Gasteiger partial charge on any atom is -0.305 e. The number of carbonyl (C=O) groups excluding carboxylic acids is 1. The van der Waals surface area contributed by atoms with Crippen LogP contribution in [0.25, 0.3) is 0 Å². The van der Waals surface area contributed by atoms with E-state index in [0.717, 1.165) is 19.3 Å². The number of ketones is 1. The summed E-state index contributed by atoms with van der Waals surface area (Å²) < 4.78 is 0. The zero-order valence-electron chi connectivity index (χ0n) is 8.38. The number of piperidine rings is 1. The molecule has 2 unspecified atom stereocenters. The minimum absolute atomic E-state index is 0.114. The molecular weight excluding hydrogens is 162 g/mol. The van der Waals surface area contributed by atoms with Crippen molar-refractivity contribution in [3.63, 3.8) is 0 Å². The third kappa shape index (κ3) is 3.31. The number of rotatable bonds is 4. The lowest BCUT2D eigenvalue weighted by atomic mass is 9.94. The van der Waals surface area contributed by atoms with Crippen LogP contribution in [0.4, 0.5) is 0 Å². The smallest absolute Gasteiger partial charge is 0.146 e. The molecule has 0 radical (unpaired) electrons. The molecule has 1 heterocycles. The molecule has 13 heavy (non-hydrogen) atoms. The SMILES string of the molecule is C=CCCC1CCCC(C(C)=O)N1. The van der Waals surface area contributed by atoms with E-state index in [0.29, 0.717) is 6.04 Å². The van der Waals surface area contributed by atoms with Gasteiger partial charge in [-0.3, -0.25) is 4.79 Å². The Kier molecular flexibility index (Phi) is 4.16. The van der Waals surface area contributed by atoms with Gasteiger partial charge in [0.1, 0.15) is 5.78 Å². The predicted molar refractivity (Wildman–Crippen MR) is 54.7 cm³/mol. The van der Waals surface area contributed by atoms with Crippen LogP contribution in [0.1, 0.15) is 39.0 Å². The van der Waals surface area contributed by atoms with Crippen LogP contribution in [0.5, 0.6) is 0 Å². The van der Waals surface area contributed by atoms with Gasteiger partial charge in [0.15, 0.2) is 0 Å². The molecule has 1 N–H and O–H groups in total. The van der Waals surface area contributed by atoms with E-state index in [1.54, 1.807) is 6.92 Å². The monoisotopic (exact) mass is 181 g/mol. The van der Waals surface area contributed by atoms with Crippen LogP contribution in [0.3, 0.4) is 0 Å². The van der Waals surface area contributed by atoms with Gasteiger partial charge in [0.2, 0.25) is 0 Å². The largest absolute Gasteiger partial charge is 0.305 e. The summed E-state index contributed by atoms with van der Waals surface area (Å²) >= 11 is 0. The summed E-state index contributed by atoms with van der Waals surface area (Å²) in [4.78, 5) is 11.1. The number of Topliss-reactive ketones (excluding diaryl/α,β-unsaturated/α-hetero) is 1. The molecule has 1 fully saturated rings. The molecule has 2 nitrogen and oxygen atoms in total. The summed E-state index contributed by atoms with van der Waals surface area (Å²) in [5.41, 5.74) is 0. The average Bonchev–Trinajstić information content (AvgIpc) is 2.15. The van der Waals surface area contributed by atoms with Crippen LogP contribution >= 0.6 is 0 Å². The maximum absolute atomic E-state index is 11.1. The summed E-state index contributed by atoms with van der Waals surface area (Å²) in [6.07, 6.45) is 7.51. The van der Waals surface area contributed by atoms with Gasteiger partial charge in [-0.1, -0.05) is 6.08 Å². The molecular formula is C11H19NO. The Morgan fingerprint density at radius 1 is 1.62 bits per heavy atom. The van der Waals surface area contributed by atoms with Gasteiger partial charge in [-0.2, -0.15) is 0 Å². The lowest BCUT2D eigenvalue weighted by Crippen LogP contribution is -2.45. The zero-order valence-corrected chi connectivity index (χ0v) is 8.38. The number of allylic oxidation sites excluding steroid dienone is 1. The first-order valence-electron chi connectivity index (χ1n) is 5.11. The second kappa shape index (κ2) is 5.18. The quantitative estimate of drug-likeness (QED) is 0.672. The summed E-state index contributed by atoms with van der Waals surface area (Å²) in [6.45, 7) is 5.38. The fourth-order valence-corrected chi connectivity index (χ4v) is 1.89. The number of hydrogen-bond donors (Lipinski definition) is 1. The second-order valence-corrected chi connectivity index (χ2v) is 3.82. The van der Waals surface area contributed by atoms with Crippen LogP contribution < -0.4 is 5.32 Å². The van der Waals surface area contributed by atoms with E-state index < -0.39 is 0 Å². The Labute approximate surface area is 80.4 Å². The van der Waals surface area contributed by atoms with E-state index in [-0.39, 0.29) is 11.8 Å². The van der Waals surface area contributed by atoms with Gasteiger partial charge in [-0.15, -0.1) is 6.58 Å². The van der Waals surface area contributed by atoms with Gasteiger partial charge in [-0.25, -0.2) is 0 Å². The first kappa shape index (κ1) is 10.5. The minimum atomic E-state index is 0.114. The highest BCUT2D eigenvalue weighted by Gasteiger charge is 2.22. The summed E-state index contributed by atoms with van der Waals surface area (Å²) in [6, 6.07) is 0.643. The van der Waals surface area contributed by atoms with Crippen LogP contribution in [-0.2, 0) is 4.79 Å². The van der Waals surface area contributed by atoms with E-state index in [2.05, 4.69) is 11.9 Å². The van der Waals surface area contributed by atoms with E-state index in [1.165, 1.54) is 12.8 Å². The normalized spacial score (nSPS) is 28.4. The molecule has 1 aliphatic heterocycles. The number of hydrogen-bond acceptors (Lipinski definition) is 2. The predicted octanol–water partition coefficient (Wildman–Crippen LogP) is 2.05. The molecule has 0 amide bonds. The fourth-order valence-electron chi connectivity index (χ4n) is 1.89. The van der Waals surface area contributed by atoms with E-state index in [9.17, 15) is 4.79 Å². The van der Waals surface area contributed by atoms with Crippen molar-refractivity contribution < 1.29 is 4.79 Å². The highest BCUT2D eigenvalue weighted by molar-refractivity contribution is 5.81. The Morgan fingerprint density at radius 3 is 3.00 bits per heavy atom. The molecule has 0 saturated carbocycles. The summed E-state index contributed by atoms with van der Waals surface area (Å²) in [5.74, 6) is 0.281. The van der Waals surface area contributed by atoms with E-state index >= 15 is 0 Å². The van der Waals surface area contributed by atoms with Crippen LogP contribution in [0.2, 0.25) is 0 Å². The van der Waals surface area contributed by atoms with Crippen molar-refractivity contribution in [3.8, 4) is 0 Å². The molecule has 0 aromatic heterocycles. The van der Waals surface area contributed by atoms with Crippen LogP contribution in [0, 0.1) is 0 Å². The molecule has 0 aromatic rings. The van der Waals surface area contributed by atoms with Gasteiger partial charge in [0.25, 0.3) is 0 Å². The highest BCUT2D eigenvalue weighted by atomic mass is 16.1. The van der Waals surface area contributed by atoms with Gasteiger partial charge >= 0.3 is 0 Å². The maximum atomic E-state index is 11.1. The lowest BCUT2D eigenvalue weighted by Gasteiger charge is -2.29. The molecule has 2 atom stereocenters. The topological polar surface area (TPSA) is 29.1 Å². The molecule has 0 spiro atoms. The zero-order chi connectivity index (χ0) is 9.68. The highest BCUT2D eigenvalue weighted by Crippen LogP contribution is 2.16. The molecule has 1 rings (SSSR count). The van der Waals surface area contributed by atoms with Gasteiger partial charge < -0.3 is 5.32 Å². The van der Waals surface area contributed by atoms with E-state index in [4.69, 9.17) is 0 Å². The Morgan fingerprint density at radius 2 is 2.38 bits per heavy atom. The third-order valence-electron chi connectivity index (χ3n) is 2.69. The molecule has 74 valence electrons. The van der Waals surface area contributed by atoms with Gasteiger partial charge in [0, 0.05) is 6.04 Å². The summed E-state index contributed by atoms with van der Waals surface area (Å²) in [5, 5.41) is 3.39. The second-order valence-electron chi connectivity index (χ2n) is 3.82. The third-order valence-corrected chi connectivity index (χ3v) is 2.69. The van der Waals surface area contributed by atoms with Crippen molar-refractivity contribution in [2.75, 3.05) is 0 Å². The van der Waals surface area contributed by atoms with Crippen molar-refractivity contribution in [1.29, 1.82) is 0 Å². The number of carbonyl (C=O) groups is 1. The lowest BCUT2D eigenvalue weighted by molar-refractivity contribution is -0.119. The van der Waals surface area contributed by atoms with Crippen LogP contribution in [0.15, 0.2) is 12.7 Å². The molecule has 2 heteroatoms. The first-order valence-corrected chi connectivity index (χ1v) is 5.11. The first-order chi connectivity index (χ1) is 6.24. The molecule has 0 bridgehead atoms. The number of nitrogens with one attached hydrogen (secondary N) is 1. The van der Waals surface area contributed by atoms with Crippen molar-refractivity contribution in [3.05, 3.63) is 12.7 Å². The van der Waals surface area contributed by atoms with Crippen molar-refractivity contribution >= 4 is 5.78 Å². The van der Waals surface area contributed by atoms with Crippen molar-refractivity contribution in [1.82, 2.24) is 5.32 Å². The maximum Gasteiger partial charge on any atom is 0.146 e.